The lowest BCUT2D eigenvalue weighted by Gasteiger charge is -2.39. The van der Waals surface area contributed by atoms with Crippen LogP contribution < -0.4 is 5.32 Å². The molecule has 0 saturated carbocycles. The molecular weight excluding hydrogens is 314 g/mol. The second kappa shape index (κ2) is 7.06. The standard InChI is InChI=1S/C19H25N5O/c1-15-5-2-6-16(22-15)12-24-10-3-7-19(14-24)11-17(13-25-19)23-18-20-8-4-9-21-18/h2,4-6,8-9,17H,3,7,10-14H2,1H3,(H,20,21,23)/t17-,19-/m0/s1. The van der Waals surface area contributed by atoms with E-state index in [1.807, 2.05) is 19.1 Å². The van der Waals surface area contributed by atoms with Gasteiger partial charge in [-0.25, -0.2) is 9.97 Å². The zero-order valence-corrected chi connectivity index (χ0v) is 14.7. The molecule has 0 aliphatic carbocycles. The zero-order chi connectivity index (χ0) is 17.1. The highest BCUT2D eigenvalue weighted by molar-refractivity contribution is 5.25. The molecule has 6 nitrogen and oxygen atoms in total. The minimum Gasteiger partial charge on any atom is -0.371 e. The van der Waals surface area contributed by atoms with E-state index >= 15 is 0 Å². The number of nitrogens with one attached hydrogen (secondary N) is 1. The highest BCUT2D eigenvalue weighted by Crippen LogP contribution is 2.35. The number of hydrogen-bond acceptors (Lipinski definition) is 6. The molecule has 1 N–H and O–H groups in total. The number of rotatable bonds is 4. The van der Waals surface area contributed by atoms with E-state index in [1.54, 1.807) is 12.4 Å². The van der Waals surface area contributed by atoms with E-state index in [2.05, 4.69) is 37.3 Å². The molecule has 4 rings (SSSR count). The van der Waals surface area contributed by atoms with Crippen molar-refractivity contribution >= 4 is 5.95 Å². The van der Waals surface area contributed by atoms with E-state index in [9.17, 15) is 0 Å². The molecule has 0 bridgehead atoms. The average Bonchev–Trinajstić information content (AvgIpc) is 2.97. The summed E-state index contributed by atoms with van der Waals surface area (Å²) in [6.07, 6.45) is 6.82. The number of hydrogen-bond donors (Lipinski definition) is 1. The SMILES string of the molecule is Cc1cccc(CN2CCC[C@]3(C[C@H](Nc4ncccn4)CO3)C2)n1. The second-order valence-corrected chi connectivity index (χ2v) is 7.20. The molecule has 2 saturated heterocycles. The van der Waals surface area contributed by atoms with Crippen molar-refractivity contribution in [1.29, 1.82) is 0 Å². The summed E-state index contributed by atoms with van der Waals surface area (Å²) in [6, 6.07) is 8.35. The summed E-state index contributed by atoms with van der Waals surface area (Å²) in [4.78, 5) is 15.6. The molecule has 4 heterocycles. The Morgan fingerprint density at radius 1 is 1.28 bits per heavy atom. The Balaban J connectivity index is 1.37. The highest BCUT2D eigenvalue weighted by atomic mass is 16.5. The maximum Gasteiger partial charge on any atom is 0.222 e. The average molecular weight is 339 g/mol. The Morgan fingerprint density at radius 2 is 2.16 bits per heavy atom. The lowest BCUT2D eigenvalue weighted by Crippen LogP contribution is -2.47. The van der Waals surface area contributed by atoms with Gasteiger partial charge in [0.05, 0.1) is 23.9 Å². The number of aromatic nitrogens is 3. The third-order valence-corrected chi connectivity index (χ3v) is 5.06. The van der Waals surface area contributed by atoms with E-state index in [0.717, 1.165) is 50.5 Å². The topological polar surface area (TPSA) is 63.2 Å². The summed E-state index contributed by atoms with van der Waals surface area (Å²) in [7, 11) is 0. The molecule has 2 aromatic heterocycles. The van der Waals surface area contributed by atoms with E-state index in [0.29, 0.717) is 5.95 Å². The van der Waals surface area contributed by atoms with Gasteiger partial charge in [-0.15, -0.1) is 0 Å². The van der Waals surface area contributed by atoms with Crippen LogP contribution in [0.2, 0.25) is 0 Å². The van der Waals surface area contributed by atoms with Gasteiger partial charge in [0.2, 0.25) is 5.95 Å². The molecule has 25 heavy (non-hydrogen) atoms. The first-order chi connectivity index (χ1) is 12.2. The Kier molecular flexibility index (Phi) is 4.63. The van der Waals surface area contributed by atoms with Crippen molar-refractivity contribution in [1.82, 2.24) is 19.9 Å². The minimum atomic E-state index is -0.0471. The molecule has 132 valence electrons. The number of ether oxygens (including phenoxy) is 1. The monoisotopic (exact) mass is 339 g/mol. The van der Waals surface area contributed by atoms with Gasteiger partial charge in [-0.3, -0.25) is 9.88 Å². The van der Waals surface area contributed by atoms with Crippen molar-refractivity contribution in [2.24, 2.45) is 0 Å². The van der Waals surface area contributed by atoms with Gasteiger partial charge in [0, 0.05) is 37.6 Å². The predicted molar refractivity (Wildman–Crippen MR) is 96.2 cm³/mol. The van der Waals surface area contributed by atoms with Crippen LogP contribution in [0.1, 0.15) is 30.7 Å². The Morgan fingerprint density at radius 3 is 3.00 bits per heavy atom. The van der Waals surface area contributed by atoms with Crippen LogP contribution in [-0.2, 0) is 11.3 Å². The molecule has 0 aromatic carbocycles. The van der Waals surface area contributed by atoms with Gasteiger partial charge in [0.1, 0.15) is 0 Å². The second-order valence-electron chi connectivity index (χ2n) is 7.20. The molecule has 2 fully saturated rings. The summed E-state index contributed by atoms with van der Waals surface area (Å²) in [5.74, 6) is 0.685. The van der Waals surface area contributed by atoms with Crippen molar-refractivity contribution < 1.29 is 4.74 Å². The van der Waals surface area contributed by atoms with E-state index in [-0.39, 0.29) is 11.6 Å². The lowest BCUT2D eigenvalue weighted by atomic mass is 9.88. The Bertz CT molecular complexity index is 710. The summed E-state index contributed by atoms with van der Waals surface area (Å²) < 4.78 is 6.28. The van der Waals surface area contributed by atoms with Gasteiger partial charge in [-0.2, -0.15) is 0 Å². The van der Waals surface area contributed by atoms with Crippen molar-refractivity contribution in [2.75, 3.05) is 25.0 Å². The van der Waals surface area contributed by atoms with Gasteiger partial charge < -0.3 is 10.1 Å². The van der Waals surface area contributed by atoms with Crippen LogP contribution in [-0.4, -0.2) is 51.2 Å². The van der Waals surface area contributed by atoms with Crippen molar-refractivity contribution in [2.45, 2.75) is 44.4 Å². The fraction of sp³-hybridized carbons (Fsp3) is 0.526. The van der Waals surface area contributed by atoms with E-state index in [4.69, 9.17) is 4.74 Å². The van der Waals surface area contributed by atoms with Gasteiger partial charge in [-0.05, 0) is 44.5 Å². The van der Waals surface area contributed by atoms with Crippen LogP contribution in [0.25, 0.3) is 0 Å². The first-order valence-corrected chi connectivity index (χ1v) is 9.03. The lowest BCUT2D eigenvalue weighted by molar-refractivity contribution is -0.0535. The van der Waals surface area contributed by atoms with Crippen molar-refractivity contribution in [3.05, 3.63) is 48.0 Å². The molecule has 2 aromatic rings. The van der Waals surface area contributed by atoms with Gasteiger partial charge in [0.25, 0.3) is 0 Å². The fourth-order valence-electron chi connectivity index (χ4n) is 4.02. The smallest absolute Gasteiger partial charge is 0.222 e. The number of nitrogens with zero attached hydrogens (tertiary/aromatic N) is 4. The summed E-state index contributed by atoms with van der Waals surface area (Å²) in [6.45, 7) is 5.74. The molecule has 0 unspecified atom stereocenters. The molecule has 0 amide bonds. The summed E-state index contributed by atoms with van der Waals surface area (Å²) in [5.41, 5.74) is 2.17. The fourth-order valence-corrected chi connectivity index (χ4v) is 4.02. The number of anilines is 1. The van der Waals surface area contributed by atoms with Gasteiger partial charge in [-0.1, -0.05) is 6.07 Å². The van der Waals surface area contributed by atoms with E-state index < -0.39 is 0 Å². The molecule has 0 radical (unpaired) electrons. The molecule has 2 aliphatic heterocycles. The quantitative estimate of drug-likeness (QED) is 0.923. The van der Waals surface area contributed by atoms with Crippen LogP contribution in [0.3, 0.4) is 0 Å². The predicted octanol–water partition coefficient (Wildman–Crippen LogP) is 2.42. The van der Waals surface area contributed by atoms with Gasteiger partial charge >= 0.3 is 0 Å². The summed E-state index contributed by atoms with van der Waals surface area (Å²) in [5, 5.41) is 3.41. The normalized spacial score (nSPS) is 26.8. The van der Waals surface area contributed by atoms with Crippen LogP contribution >= 0.6 is 0 Å². The number of piperidine rings is 1. The van der Waals surface area contributed by atoms with Gasteiger partial charge in [0.15, 0.2) is 0 Å². The first-order valence-electron chi connectivity index (χ1n) is 9.03. The maximum absolute atomic E-state index is 6.28. The van der Waals surface area contributed by atoms with Crippen molar-refractivity contribution in [3.63, 3.8) is 0 Å². The molecule has 1 spiro atoms. The largest absolute Gasteiger partial charge is 0.371 e. The highest BCUT2D eigenvalue weighted by Gasteiger charge is 2.43. The maximum atomic E-state index is 6.28. The minimum absolute atomic E-state index is 0.0471. The molecule has 6 heteroatoms. The Hall–Kier alpha value is -2.05. The number of likely N-dealkylation sites (tertiary alicyclic amines) is 1. The Labute approximate surface area is 148 Å². The van der Waals surface area contributed by atoms with Crippen molar-refractivity contribution in [3.8, 4) is 0 Å². The van der Waals surface area contributed by atoms with Crippen LogP contribution in [0.5, 0.6) is 0 Å². The number of pyridine rings is 1. The van der Waals surface area contributed by atoms with E-state index in [1.165, 1.54) is 6.42 Å². The summed E-state index contributed by atoms with van der Waals surface area (Å²) >= 11 is 0. The van der Waals surface area contributed by atoms with Crippen LogP contribution in [0.15, 0.2) is 36.7 Å². The first kappa shape index (κ1) is 16.4. The molecular formula is C19H25N5O. The zero-order valence-electron chi connectivity index (χ0n) is 14.7. The molecule has 2 atom stereocenters. The third-order valence-electron chi connectivity index (χ3n) is 5.06. The third kappa shape index (κ3) is 3.96. The number of aryl methyl sites for hydroxylation is 1. The van der Waals surface area contributed by atoms with Crippen LogP contribution in [0, 0.1) is 6.92 Å². The van der Waals surface area contributed by atoms with Crippen LogP contribution in [0.4, 0.5) is 5.95 Å². The molecule has 2 aliphatic rings.